The fourth-order valence-corrected chi connectivity index (χ4v) is 1.92. The molecule has 0 saturated heterocycles. The molecular formula is C13H15NO4. The van der Waals surface area contributed by atoms with Gasteiger partial charge in [0, 0.05) is 11.6 Å². The Morgan fingerprint density at radius 3 is 2.67 bits per heavy atom. The Hall–Kier alpha value is -2.17. The lowest BCUT2D eigenvalue weighted by Gasteiger charge is -2.25. The van der Waals surface area contributed by atoms with Gasteiger partial charge >= 0.3 is 5.97 Å². The second-order valence-corrected chi connectivity index (χ2v) is 4.09. The minimum absolute atomic E-state index is 0.0905. The van der Waals surface area contributed by atoms with Gasteiger partial charge in [0.25, 0.3) is 5.69 Å². The third-order valence-electron chi connectivity index (χ3n) is 2.88. The van der Waals surface area contributed by atoms with E-state index in [0.29, 0.717) is 5.56 Å². The first-order chi connectivity index (χ1) is 8.47. The van der Waals surface area contributed by atoms with E-state index in [1.165, 1.54) is 13.2 Å². The number of carbonyl (C=O) groups is 1. The van der Waals surface area contributed by atoms with Crippen LogP contribution in [0.25, 0.3) is 0 Å². The van der Waals surface area contributed by atoms with E-state index < -0.39 is 16.3 Å². The molecule has 0 aliphatic heterocycles. The molecule has 0 amide bonds. The van der Waals surface area contributed by atoms with Crippen LogP contribution < -0.4 is 0 Å². The maximum absolute atomic E-state index is 11.9. The molecule has 5 nitrogen and oxygen atoms in total. The van der Waals surface area contributed by atoms with Crippen LogP contribution in [0.1, 0.15) is 18.9 Å². The highest BCUT2D eigenvalue weighted by atomic mass is 16.6. The van der Waals surface area contributed by atoms with Crippen molar-refractivity contribution < 1.29 is 14.5 Å². The highest BCUT2D eigenvalue weighted by Crippen LogP contribution is 2.35. The fourth-order valence-electron chi connectivity index (χ4n) is 1.92. The molecule has 0 N–H and O–H groups in total. The van der Waals surface area contributed by atoms with Gasteiger partial charge in [-0.1, -0.05) is 24.3 Å². The fraction of sp³-hybridized carbons (Fsp3) is 0.308. The number of benzene rings is 1. The number of para-hydroxylation sites is 1. The average molecular weight is 249 g/mol. The predicted octanol–water partition coefficient (Wildman–Crippen LogP) is 2.60. The summed E-state index contributed by atoms with van der Waals surface area (Å²) in [6.07, 6.45) is 1.82. The van der Waals surface area contributed by atoms with E-state index in [4.69, 9.17) is 4.74 Å². The van der Waals surface area contributed by atoms with Gasteiger partial charge in [0.1, 0.15) is 5.41 Å². The third kappa shape index (κ3) is 2.40. The maximum atomic E-state index is 11.9. The van der Waals surface area contributed by atoms with Crippen molar-refractivity contribution in [3.8, 4) is 0 Å². The van der Waals surface area contributed by atoms with Gasteiger partial charge in [-0.05, 0) is 13.3 Å². The van der Waals surface area contributed by atoms with Gasteiger partial charge in [-0.15, -0.1) is 6.58 Å². The summed E-state index contributed by atoms with van der Waals surface area (Å²) in [7, 11) is 1.26. The Kier molecular flexibility index (Phi) is 4.20. The topological polar surface area (TPSA) is 69.4 Å². The molecule has 1 aromatic rings. The minimum atomic E-state index is -1.10. The van der Waals surface area contributed by atoms with Crippen LogP contribution in [0.5, 0.6) is 0 Å². The van der Waals surface area contributed by atoms with E-state index in [-0.39, 0.29) is 12.1 Å². The summed E-state index contributed by atoms with van der Waals surface area (Å²) in [6, 6.07) is 6.16. The molecule has 0 aliphatic carbocycles. The Morgan fingerprint density at radius 2 is 2.17 bits per heavy atom. The molecule has 1 atom stereocenters. The van der Waals surface area contributed by atoms with Crippen LogP contribution in [-0.2, 0) is 14.9 Å². The van der Waals surface area contributed by atoms with Crippen LogP contribution in [0.4, 0.5) is 5.69 Å². The number of nitro groups is 1. The number of allylic oxidation sites excluding steroid dienone is 1. The summed E-state index contributed by atoms with van der Waals surface area (Å²) in [5, 5.41) is 11.0. The van der Waals surface area contributed by atoms with E-state index >= 15 is 0 Å². The van der Waals surface area contributed by atoms with Gasteiger partial charge in [-0.2, -0.15) is 0 Å². The number of carbonyl (C=O) groups excluding carboxylic acids is 1. The lowest BCUT2D eigenvalue weighted by atomic mass is 9.78. The lowest BCUT2D eigenvalue weighted by Crippen LogP contribution is -2.34. The molecule has 5 heteroatoms. The summed E-state index contributed by atoms with van der Waals surface area (Å²) in [4.78, 5) is 22.4. The van der Waals surface area contributed by atoms with Crippen molar-refractivity contribution >= 4 is 11.7 Å². The van der Waals surface area contributed by atoms with Gasteiger partial charge in [0.2, 0.25) is 0 Å². The monoisotopic (exact) mass is 249 g/mol. The van der Waals surface area contributed by atoms with E-state index in [9.17, 15) is 14.9 Å². The quantitative estimate of drug-likeness (QED) is 0.348. The van der Waals surface area contributed by atoms with Crippen LogP contribution >= 0.6 is 0 Å². The Morgan fingerprint density at radius 1 is 1.56 bits per heavy atom. The highest BCUT2D eigenvalue weighted by Gasteiger charge is 2.39. The van der Waals surface area contributed by atoms with Crippen molar-refractivity contribution in [3.05, 3.63) is 52.6 Å². The zero-order valence-corrected chi connectivity index (χ0v) is 10.4. The van der Waals surface area contributed by atoms with Crippen LogP contribution in [0, 0.1) is 10.1 Å². The van der Waals surface area contributed by atoms with E-state index in [1.807, 2.05) is 0 Å². The first-order valence-corrected chi connectivity index (χ1v) is 5.40. The molecule has 0 spiro atoms. The summed E-state index contributed by atoms with van der Waals surface area (Å²) >= 11 is 0. The molecule has 0 saturated carbocycles. The number of ether oxygens (including phenoxy) is 1. The lowest BCUT2D eigenvalue weighted by molar-refractivity contribution is -0.386. The smallest absolute Gasteiger partial charge is 0.316 e. The second-order valence-electron chi connectivity index (χ2n) is 4.09. The van der Waals surface area contributed by atoms with Gasteiger partial charge in [0.15, 0.2) is 0 Å². The Labute approximate surface area is 105 Å². The van der Waals surface area contributed by atoms with Crippen molar-refractivity contribution in [1.29, 1.82) is 0 Å². The normalized spacial score (nSPS) is 13.4. The van der Waals surface area contributed by atoms with Crippen molar-refractivity contribution in [1.82, 2.24) is 0 Å². The standard InChI is InChI=1S/C13H15NO4/c1-4-9-13(2,12(15)18-3)10-7-5-6-8-11(10)14(16)17/h4-8H,1,9H2,2-3H3. The molecule has 1 rings (SSSR count). The first kappa shape index (κ1) is 13.9. The highest BCUT2D eigenvalue weighted by molar-refractivity contribution is 5.84. The van der Waals surface area contributed by atoms with Crippen molar-refractivity contribution in [3.63, 3.8) is 0 Å². The van der Waals surface area contributed by atoms with Crippen LogP contribution in [0.15, 0.2) is 36.9 Å². The predicted molar refractivity (Wildman–Crippen MR) is 67.3 cm³/mol. The van der Waals surface area contributed by atoms with Crippen molar-refractivity contribution in [2.45, 2.75) is 18.8 Å². The van der Waals surface area contributed by atoms with E-state index in [1.54, 1.807) is 31.2 Å². The summed E-state index contributed by atoms with van der Waals surface area (Å²) in [5.41, 5.74) is -0.853. The maximum Gasteiger partial charge on any atom is 0.316 e. The molecule has 0 bridgehead atoms. The zero-order valence-electron chi connectivity index (χ0n) is 10.4. The summed E-state index contributed by atoms with van der Waals surface area (Å²) in [6.45, 7) is 5.20. The number of rotatable bonds is 5. The van der Waals surface area contributed by atoms with Gasteiger partial charge in [0.05, 0.1) is 12.0 Å². The van der Waals surface area contributed by atoms with E-state index in [2.05, 4.69) is 6.58 Å². The first-order valence-electron chi connectivity index (χ1n) is 5.40. The minimum Gasteiger partial charge on any atom is -0.468 e. The van der Waals surface area contributed by atoms with E-state index in [0.717, 1.165) is 0 Å². The molecule has 0 heterocycles. The molecule has 0 aromatic heterocycles. The average Bonchev–Trinajstić information content (AvgIpc) is 2.37. The zero-order chi connectivity index (χ0) is 13.8. The summed E-state index contributed by atoms with van der Waals surface area (Å²) < 4.78 is 4.75. The van der Waals surface area contributed by atoms with Crippen LogP contribution in [0.2, 0.25) is 0 Å². The van der Waals surface area contributed by atoms with Crippen molar-refractivity contribution in [2.75, 3.05) is 7.11 Å². The molecule has 0 fully saturated rings. The molecular weight excluding hydrogens is 234 g/mol. The molecule has 0 radical (unpaired) electrons. The van der Waals surface area contributed by atoms with Gasteiger partial charge in [-0.25, -0.2) is 0 Å². The molecule has 1 aromatic carbocycles. The SMILES string of the molecule is C=CCC(C)(C(=O)OC)c1ccccc1[N+](=O)[O-]. The molecule has 1 unspecified atom stereocenters. The van der Waals surface area contributed by atoms with Crippen LogP contribution in [-0.4, -0.2) is 18.0 Å². The van der Waals surface area contributed by atoms with Gasteiger partial charge < -0.3 is 4.74 Å². The number of nitrogens with zero attached hydrogens (tertiary/aromatic N) is 1. The van der Waals surface area contributed by atoms with Crippen LogP contribution in [0.3, 0.4) is 0 Å². The largest absolute Gasteiger partial charge is 0.468 e. The Balaban J connectivity index is 3.43. The van der Waals surface area contributed by atoms with Gasteiger partial charge in [-0.3, -0.25) is 14.9 Å². The molecule has 0 aliphatic rings. The molecule has 18 heavy (non-hydrogen) atoms. The second kappa shape index (κ2) is 5.44. The Bertz CT molecular complexity index is 484. The number of hydrogen-bond acceptors (Lipinski definition) is 4. The summed E-state index contributed by atoms with van der Waals surface area (Å²) in [5.74, 6) is -0.517. The number of hydrogen-bond donors (Lipinski definition) is 0. The molecule has 96 valence electrons. The number of esters is 1. The third-order valence-corrected chi connectivity index (χ3v) is 2.88. The number of methoxy groups -OCH3 is 1. The number of nitro benzene ring substituents is 1. The van der Waals surface area contributed by atoms with Crippen molar-refractivity contribution in [2.24, 2.45) is 0 Å².